The van der Waals surface area contributed by atoms with Gasteiger partial charge in [0, 0.05) is 24.0 Å². The van der Waals surface area contributed by atoms with Crippen LogP contribution in [0.5, 0.6) is 0 Å². The van der Waals surface area contributed by atoms with E-state index in [-0.39, 0.29) is 23.6 Å². The SMILES string of the molecule is Cc1ccc(NC(=O)C2CCC(Cl)NC2)cc1NC1NCCC(C2CCCNC2)N1. The number of amides is 1. The number of hydrogen-bond donors (Lipinski definition) is 6. The number of rotatable bonds is 5. The molecular formula is C22H35ClN6O. The summed E-state index contributed by atoms with van der Waals surface area (Å²) in [4.78, 5) is 12.6. The topological polar surface area (TPSA) is 89.2 Å². The van der Waals surface area contributed by atoms with Crippen molar-refractivity contribution in [3.8, 4) is 0 Å². The number of alkyl halides is 1. The molecule has 0 saturated carbocycles. The van der Waals surface area contributed by atoms with Crippen LogP contribution in [0.15, 0.2) is 18.2 Å². The summed E-state index contributed by atoms with van der Waals surface area (Å²) in [5.41, 5.74) is 2.99. The Balaban J connectivity index is 1.35. The predicted octanol–water partition coefficient (Wildman–Crippen LogP) is 2.14. The van der Waals surface area contributed by atoms with Gasteiger partial charge in [0.05, 0.1) is 11.4 Å². The summed E-state index contributed by atoms with van der Waals surface area (Å²) < 4.78 is 0. The van der Waals surface area contributed by atoms with E-state index >= 15 is 0 Å². The number of hydrogen-bond acceptors (Lipinski definition) is 6. The Morgan fingerprint density at radius 2 is 2.00 bits per heavy atom. The van der Waals surface area contributed by atoms with Gasteiger partial charge in [0.1, 0.15) is 6.29 Å². The molecule has 0 bridgehead atoms. The first-order valence-electron chi connectivity index (χ1n) is 11.3. The van der Waals surface area contributed by atoms with Crippen molar-refractivity contribution in [1.82, 2.24) is 21.3 Å². The molecule has 5 atom stereocenters. The number of anilines is 2. The lowest BCUT2D eigenvalue weighted by atomic mass is 9.89. The maximum atomic E-state index is 12.6. The molecule has 3 saturated heterocycles. The maximum absolute atomic E-state index is 12.6. The van der Waals surface area contributed by atoms with Gasteiger partial charge in [-0.05, 0) is 82.3 Å². The van der Waals surface area contributed by atoms with E-state index < -0.39 is 0 Å². The van der Waals surface area contributed by atoms with E-state index in [1.807, 2.05) is 12.1 Å². The lowest BCUT2D eigenvalue weighted by molar-refractivity contribution is -0.120. The van der Waals surface area contributed by atoms with Gasteiger partial charge >= 0.3 is 0 Å². The van der Waals surface area contributed by atoms with Crippen molar-refractivity contribution in [2.75, 3.05) is 36.8 Å². The first kappa shape index (κ1) is 21.8. The molecule has 0 spiro atoms. The van der Waals surface area contributed by atoms with Crippen LogP contribution in [-0.2, 0) is 4.79 Å². The number of piperidine rings is 2. The van der Waals surface area contributed by atoms with Gasteiger partial charge in [0.15, 0.2) is 0 Å². The van der Waals surface area contributed by atoms with Crippen LogP contribution >= 0.6 is 11.6 Å². The van der Waals surface area contributed by atoms with E-state index in [0.29, 0.717) is 18.5 Å². The van der Waals surface area contributed by atoms with E-state index in [9.17, 15) is 4.79 Å². The number of aryl methyl sites for hydroxylation is 1. The molecule has 0 radical (unpaired) electrons. The normalized spacial score (nSPS) is 32.4. The van der Waals surface area contributed by atoms with Crippen LogP contribution in [0.1, 0.15) is 37.7 Å². The first-order valence-corrected chi connectivity index (χ1v) is 11.8. The van der Waals surface area contributed by atoms with Crippen LogP contribution in [0.3, 0.4) is 0 Å². The lowest BCUT2D eigenvalue weighted by Crippen LogP contribution is -2.60. The summed E-state index contributed by atoms with van der Waals surface area (Å²) in [6.45, 7) is 5.96. The van der Waals surface area contributed by atoms with Gasteiger partial charge in [-0.25, -0.2) is 0 Å². The highest BCUT2D eigenvalue weighted by Crippen LogP contribution is 2.24. The summed E-state index contributed by atoms with van der Waals surface area (Å²) in [6, 6.07) is 6.57. The molecule has 0 aliphatic carbocycles. The summed E-state index contributed by atoms with van der Waals surface area (Å²) in [6.07, 6.45) is 5.36. The molecular weight excluding hydrogens is 400 g/mol. The average molecular weight is 435 g/mol. The second-order valence-corrected chi connectivity index (χ2v) is 9.40. The third-order valence-corrected chi connectivity index (χ3v) is 6.99. The van der Waals surface area contributed by atoms with Gasteiger partial charge in [-0.2, -0.15) is 0 Å². The van der Waals surface area contributed by atoms with Gasteiger partial charge in [-0.15, -0.1) is 11.6 Å². The summed E-state index contributed by atoms with van der Waals surface area (Å²) >= 11 is 6.07. The standard InChI is InChI=1S/C22H35ClN6O/c1-14-4-6-17(27-21(30)16-5-7-20(23)26-13-16)11-19(14)29-22-25-10-8-18(28-22)15-3-2-9-24-12-15/h4,6,11,15-16,18,20,22,24-26,28-29H,2-3,5,7-10,12-13H2,1H3,(H,27,30). The van der Waals surface area contributed by atoms with Gasteiger partial charge in [-0.3, -0.25) is 15.4 Å². The molecule has 0 aromatic heterocycles. The molecule has 6 N–H and O–H groups in total. The molecule has 1 amide bonds. The largest absolute Gasteiger partial charge is 0.357 e. The van der Waals surface area contributed by atoms with E-state index in [4.69, 9.17) is 11.6 Å². The number of carbonyl (C=O) groups excluding carboxylic acids is 1. The maximum Gasteiger partial charge on any atom is 0.228 e. The molecule has 3 aliphatic heterocycles. The van der Waals surface area contributed by atoms with Crippen molar-refractivity contribution in [3.63, 3.8) is 0 Å². The van der Waals surface area contributed by atoms with Crippen molar-refractivity contribution >= 4 is 28.9 Å². The smallest absolute Gasteiger partial charge is 0.228 e. The quantitative estimate of drug-likeness (QED) is 0.314. The zero-order valence-electron chi connectivity index (χ0n) is 17.8. The second-order valence-electron chi connectivity index (χ2n) is 8.87. The molecule has 1 aromatic rings. The molecule has 1 aromatic carbocycles. The van der Waals surface area contributed by atoms with E-state index in [0.717, 1.165) is 55.8 Å². The zero-order chi connectivity index (χ0) is 20.9. The minimum absolute atomic E-state index is 0.0204. The fourth-order valence-corrected chi connectivity index (χ4v) is 4.94. The highest BCUT2D eigenvalue weighted by molar-refractivity contribution is 6.20. The van der Waals surface area contributed by atoms with Crippen LogP contribution in [0.25, 0.3) is 0 Å². The van der Waals surface area contributed by atoms with E-state index in [2.05, 4.69) is 44.9 Å². The van der Waals surface area contributed by atoms with Crippen molar-refractivity contribution < 1.29 is 4.79 Å². The predicted molar refractivity (Wildman–Crippen MR) is 123 cm³/mol. The van der Waals surface area contributed by atoms with E-state index in [1.54, 1.807) is 0 Å². The third-order valence-electron chi connectivity index (χ3n) is 6.62. The van der Waals surface area contributed by atoms with Crippen molar-refractivity contribution in [2.45, 2.75) is 56.9 Å². The number of carbonyl (C=O) groups is 1. The zero-order valence-corrected chi connectivity index (χ0v) is 18.5. The highest BCUT2D eigenvalue weighted by Gasteiger charge is 2.29. The molecule has 3 heterocycles. The minimum Gasteiger partial charge on any atom is -0.357 e. The molecule has 4 rings (SSSR count). The fraction of sp³-hybridized carbons (Fsp3) is 0.682. The van der Waals surface area contributed by atoms with Crippen molar-refractivity contribution in [1.29, 1.82) is 0 Å². The Morgan fingerprint density at radius 3 is 2.77 bits per heavy atom. The highest BCUT2D eigenvalue weighted by atomic mass is 35.5. The Labute approximate surface area is 184 Å². The monoisotopic (exact) mass is 434 g/mol. The van der Waals surface area contributed by atoms with Crippen molar-refractivity contribution in [3.05, 3.63) is 23.8 Å². The van der Waals surface area contributed by atoms with Crippen LogP contribution in [0.4, 0.5) is 11.4 Å². The Morgan fingerprint density at radius 1 is 1.10 bits per heavy atom. The van der Waals surface area contributed by atoms with Gasteiger partial charge < -0.3 is 21.3 Å². The Bertz CT molecular complexity index is 718. The second kappa shape index (κ2) is 10.3. The van der Waals surface area contributed by atoms with Gasteiger partial charge in [0.2, 0.25) is 5.91 Å². The fourth-order valence-electron chi connectivity index (χ4n) is 4.73. The number of benzene rings is 1. The van der Waals surface area contributed by atoms with E-state index in [1.165, 1.54) is 12.8 Å². The molecule has 166 valence electrons. The van der Waals surface area contributed by atoms with Crippen LogP contribution in [0.2, 0.25) is 0 Å². The number of halogens is 1. The molecule has 5 unspecified atom stereocenters. The molecule has 8 heteroatoms. The molecule has 30 heavy (non-hydrogen) atoms. The van der Waals surface area contributed by atoms with Gasteiger partial charge in [-0.1, -0.05) is 6.07 Å². The Kier molecular flexibility index (Phi) is 7.49. The molecule has 3 fully saturated rings. The number of nitrogens with one attached hydrogen (secondary N) is 6. The van der Waals surface area contributed by atoms with Crippen molar-refractivity contribution in [2.24, 2.45) is 11.8 Å². The summed E-state index contributed by atoms with van der Waals surface area (Å²) in [7, 11) is 0. The van der Waals surface area contributed by atoms with Crippen LogP contribution < -0.4 is 31.9 Å². The molecule has 3 aliphatic rings. The molecule has 7 nitrogen and oxygen atoms in total. The van der Waals surface area contributed by atoms with Crippen LogP contribution in [0, 0.1) is 18.8 Å². The third kappa shape index (κ3) is 5.65. The average Bonchev–Trinajstić information content (AvgIpc) is 2.77. The lowest BCUT2D eigenvalue weighted by Gasteiger charge is -2.39. The summed E-state index contributed by atoms with van der Waals surface area (Å²) in [5.74, 6) is 0.706. The Hall–Kier alpha value is -1.38. The van der Waals surface area contributed by atoms with Crippen LogP contribution in [-0.4, -0.2) is 49.9 Å². The van der Waals surface area contributed by atoms with Gasteiger partial charge in [0.25, 0.3) is 0 Å². The first-order chi connectivity index (χ1) is 14.6. The minimum atomic E-state index is -0.0377. The summed E-state index contributed by atoms with van der Waals surface area (Å²) in [5, 5.41) is 20.7.